The molecule has 1 N–H and O–H groups in total. The summed E-state index contributed by atoms with van der Waals surface area (Å²) in [5.41, 5.74) is 0.895. The van der Waals surface area contributed by atoms with E-state index < -0.39 is 0 Å². The van der Waals surface area contributed by atoms with E-state index in [-0.39, 0.29) is 23.7 Å². The Morgan fingerprint density at radius 2 is 1.90 bits per heavy atom. The van der Waals surface area contributed by atoms with Gasteiger partial charge in [0, 0.05) is 57.9 Å². The second-order valence-corrected chi connectivity index (χ2v) is 8.98. The molecule has 0 spiro atoms. The molecule has 1 aromatic rings. The van der Waals surface area contributed by atoms with Crippen LogP contribution in [0.5, 0.6) is 0 Å². The van der Waals surface area contributed by atoms with Crippen LogP contribution in [-0.2, 0) is 9.53 Å². The Kier molecular flexibility index (Phi) is 8.40. The Morgan fingerprint density at radius 1 is 1.16 bits per heavy atom. The standard InChI is InChI=1S/C23H35FN4O3/c1-17(2)14-27-10-11-31-20(15-27)13-25-22(29)16-26-6-8-28(9-7-26)23(30)19-5-4-18(3)21(24)12-19/h4-5,12,17,20H,6-11,13-16H2,1-3H3,(H,25,29). The van der Waals surface area contributed by atoms with Crippen molar-refractivity contribution >= 4 is 11.8 Å². The van der Waals surface area contributed by atoms with Gasteiger partial charge in [0.1, 0.15) is 5.82 Å². The number of hydrogen-bond acceptors (Lipinski definition) is 5. The summed E-state index contributed by atoms with van der Waals surface area (Å²) in [6, 6.07) is 4.59. The highest BCUT2D eigenvalue weighted by molar-refractivity contribution is 5.94. The molecule has 0 saturated carbocycles. The summed E-state index contributed by atoms with van der Waals surface area (Å²) in [4.78, 5) is 31.1. The van der Waals surface area contributed by atoms with Crippen LogP contribution in [0.3, 0.4) is 0 Å². The van der Waals surface area contributed by atoms with Crippen molar-refractivity contribution < 1.29 is 18.7 Å². The summed E-state index contributed by atoms with van der Waals surface area (Å²) >= 11 is 0. The van der Waals surface area contributed by atoms with Gasteiger partial charge in [-0.05, 0) is 30.5 Å². The summed E-state index contributed by atoms with van der Waals surface area (Å²) in [5, 5.41) is 2.99. The molecule has 1 unspecified atom stereocenters. The number of nitrogens with one attached hydrogen (secondary N) is 1. The molecule has 2 heterocycles. The topological polar surface area (TPSA) is 65.1 Å². The Morgan fingerprint density at radius 3 is 2.58 bits per heavy atom. The molecule has 2 amide bonds. The fourth-order valence-corrected chi connectivity index (χ4v) is 4.09. The first kappa shape index (κ1) is 23.6. The molecule has 172 valence electrons. The molecule has 7 nitrogen and oxygen atoms in total. The number of amides is 2. The molecule has 0 bridgehead atoms. The molecule has 3 rings (SSSR count). The van der Waals surface area contributed by atoms with Crippen molar-refractivity contribution in [2.75, 3.05) is 65.5 Å². The van der Waals surface area contributed by atoms with E-state index in [1.54, 1.807) is 24.0 Å². The number of benzene rings is 1. The van der Waals surface area contributed by atoms with Crippen LogP contribution in [0.25, 0.3) is 0 Å². The first-order chi connectivity index (χ1) is 14.8. The number of piperazine rings is 1. The molecule has 0 radical (unpaired) electrons. The summed E-state index contributed by atoms with van der Waals surface area (Å²) in [5.74, 6) is 0.0627. The molecule has 2 saturated heterocycles. The van der Waals surface area contributed by atoms with E-state index in [1.807, 2.05) is 4.90 Å². The highest BCUT2D eigenvalue weighted by atomic mass is 19.1. The van der Waals surface area contributed by atoms with Crippen molar-refractivity contribution in [1.82, 2.24) is 20.0 Å². The quantitative estimate of drug-likeness (QED) is 0.702. The molecule has 1 atom stereocenters. The number of nitrogens with zero attached hydrogens (tertiary/aromatic N) is 3. The van der Waals surface area contributed by atoms with Gasteiger partial charge in [0.05, 0.1) is 19.3 Å². The van der Waals surface area contributed by atoms with Gasteiger partial charge in [0.15, 0.2) is 0 Å². The summed E-state index contributed by atoms with van der Waals surface area (Å²) < 4.78 is 19.5. The Hall–Kier alpha value is -2.03. The lowest BCUT2D eigenvalue weighted by atomic mass is 10.1. The van der Waals surface area contributed by atoms with Crippen molar-refractivity contribution in [2.24, 2.45) is 5.92 Å². The third-order valence-electron chi connectivity index (χ3n) is 5.82. The van der Waals surface area contributed by atoms with Crippen LogP contribution >= 0.6 is 0 Å². The third-order valence-corrected chi connectivity index (χ3v) is 5.82. The molecular weight excluding hydrogens is 399 g/mol. The molecule has 0 aromatic heterocycles. The van der Waals surface area contributed by atoms with Crippen LogP contribution in [0.4, 0.5) is 4.39 Å². The number of halogens is 1. The van der Waals surface area contributed by atoms with Crippen molar-refractivity contribution in [2.45, 2.75) is 26.9 Å². The smallest absolute Gasteiger partial charge is 0.254 e. The predicted octanol–water partition coefficient (Wildman–Crippen LogP) is 1.36. The monoisotopic (exact) mass is 434 g/mol. The van der Waals surface area contributed by atoms with E-state index in [0.29, 0.717) is 62.9 Å². The van der Waals surface area contributed by atoms with Gasteiger partial charge in [-0.3, -0.25) is 19.4 Å². The van der Waals surface area contributed by atoms with Crippen LogP contribution in [0.15, 0.2) is 18.2 Å². The number of morpholine rings is 1. The van der Waals surface area contributed by atoms with E-state index >= 15 is 0 Å². The minimum absolute atomic E-state index is 0.0232. The molecule has 2 aliphatic rings. The van der Waals surface area contributed by atoms with E-state index in [2.05, 4.69) is 24.1 Å². The van der Waals surface area contributed by atoms with Gasteiger partial charge >= 0.3 is 0 Å². The van der Waals surface area contributed by atoms with Crippen molar-refractivity contribution in [3.63, 3.8) is 0 Å². The molecule has 0 aliphatic carbocycles. The van der Waals surface area contributed by atoms with Crippen LogP contribution in [0.2, 0.25) is 0 Å². The maximum absolute atomic E-state index is 13.8. The van der Waals surface area contributed by atoms with Crippen LogP contribution in [0.1, 0.15) is 29.8 Å². The van der Waals surface area contributed by atoms with Gasteiger partial charge in [-0.1, -0.05) is 19.9 Å². The Bertz CT molecular complexity index is 765. The largest absolute Gasteiger partial charge is 0.374 e. The van der Waals surface area contributed by atoms with E-state index in [9.17, 15) is 14.0 Å². The number of hydrogen-bond donors (Lipinski definition) is 1. The van der Waals surface area contributed by atoms with Gasteiger partial charge in [-0.15, -0.1) is 0 Å². The number of carbonyl (C=O) groups excluding carboxylic acids is 2. The maximum atomic E-state index is 13.8. The van der Waals surface area contributed by atoms with Gasteiger partial charge in [0.2, 0.25) is 5.91 Å². The number of ether oxygens (including phenoxy) is 1. The normalized spacial score (nSPS) is 20.8. The molecule has 8 heteroatoms. The Labute approximate surface area is 184 Å². The summed E-state index contributed by atoms with van der Waals surface area (Å²) in [7, 11) is 0. The maximum Gasteiger partial charge on any atom is 0.254 e. The van der Waals surface area contributed by atoms with E-state index in [0.717, 1.165) is 19.6 Å². The van der Waals surface area contributed by atoms with Crippen molar-refractivity contribution in [3.8, 4) is 0 Å². The van der Waals surface area contributed by atoms with Gasteiger partial charge in [-0.2, -0.15) is 0 Å². The predicted molar refractivity (Wildman–Crippen MR) is 118 cm³/mol. The highest BCUT2D eigenvalue weighted by Crippen LogP contribution is 2.13. The number of rotatable bonds is 7. The lowest BCUT2D eigenvalue weighted by molar-refractivity contribution is -0.123. The average Bonchev–Trinajstić information content (AvgIpc) is 2.74. The lowest BCUT2D eigenvalue weighted by Gasteiger charge is -2.35. The minimum Gasteiger partial charge on any atom is -0.374 e. The third kappa shape index (κ3) is 6.98. The minimum atomic E-state index is -0.365. The van der Waals surface area contributed by atoms with Crippen molar-refractivity contribution in [3.05, 3.63) is 35.1 Å². The number of aryl methyl sites for hydroxylation is 1. The SMILES string of the molecule is Cc1ccc(C(=O)N2CCN(CC(=O)NCC3CN(CC(C)C)CCO3)CC2)cc1F. The van der Waals surface area contributed by atoms with E-state index in [4.69, 9.17) is 4.74 Å². The second-order valence-electron chi connectivity index (χ2n) is 8.98. The van der Waals surface area contributed by atoms with Crippen LogP contribution < -0.4 is 5.32 Å². The lowest BCUT2D eigenvalue weighted by Crippen LogP contribution is -2.52. The zero-order valence-corrected chi connectivity index (χ0v) is 18.9. The van der Waals surface area contributed by atoms with Gasteiger partial charge < -0.3 is 15.0 Å². The number of carbonyl (C=O) groups is 2. The fourth-order valence-electron chi connectivity index (χ4n) is 4.09. The molecule has 31 heavy (non-hydrogen) atoms. The van der Waals surface area contributed by atoms with Gasteiger partial charge in [-0.25, -0.2) is 4.39 Å². The zero-order chi connectivity index (χ0) is 22.4. The average molecular weight is 435 g/mol. The van der Waals surface area contributed by atoms with Gasteiger partial charge in [0.25, 0.3) is 5.91 Å². The second kappa shape index (κ2) is 11.0. The van der Waals surface area contributed by atoms with Crippen LogP contribution in [0, 0.1) is 18.7 Å². The fraction of sp³-hybridized carbons (Fsp3) is 0.652. The first-order valence-corrected chi connectivity index (χ1v) is 11.2. The van der Waals surface area contributed by atoms with Crippen LogP contribution in [-0.4, -0.2) is 98.1 Å². The molecule has 2 aliphatic heterocycles. The summed E-state index contributed by atoms with van der Waals surface area (Å²) in [6.45, 7) is 12.8. The highest BCUT2D eigenvalue weighted by Gasteiger charge is 2.25. The van der Waals surface area contributed by atoms with Crippen molar-refractivity contribution in [1.29, 1.82) is 0 Å². The zero-order valence-electron chi connectivity index (χ0n) is 18.9. The molecule has 2 fully saturated rings. The molecular formula is C23H35FN4O3. The first-order valence-electron chi connectivity index (χ1n) is 11.2. The van der Waals surface area contributed by atoms with E-state index in [1.165, 1.54) is 6.07 Å². The summed E-state index contributed by atoms with van der Waals surface area (Å²) in [6.07, 6.45) is 0.0285. The molecule has 1 aromatic carbocycles. The Balaban J connectivity index is 1.38.